The van der Waals surface area contributed by atoms with Gasteiger partial charge in [-0.1, -0.05) is 12.1 Å². The van der Waals surface area contributed by atoms with Crippen molar-refractivity contribution in [2.75, 3.05) is 12.4 Å². The number of carbonyl (C=O) groups is 2. The van der Waals surface area contributed by atoms with E-state index in [9.17, 15) is 14.4 Å². The fraction of sp³-hybridized carbons (Fsp3) is 0.200. The molecule has 0 saturated carbocycles. The van der Waals surface area contributed by atoms with Crippen LogP contribution in [0.4, 0.5) is 5.69 Å². The number of hydrogen-bond acceptors (Lipinski definition) is 4. The predicted octanol–water partition coefficient (Wildman–Crippen LogP) is 2.09. The summed E-state index contributed by atoms with van der Waals surface area (Å²) in [5.74, 6) is -0.412. The van der Waals surface area contributed by atoms with E-state index in [0.29, 0.717) is 22.2 Å². The summed E-state index contributed by atoms with van der Waals surface area (Å²) in [6.45, 7) is 2.14. The Balaban J connectivity index is 1.66. The summed E-state index contributed by atoms with van der Waals surface area (Å²) in [4.78, 5) is 40.5. The zero-order valence-corrected chi connectivity index (χ0v) is 15.2. The lowest BCUT2D eigenvalue weighted by Gasteiger charge is -2.09. The van der Waals surface area contributed by atoms with E-state index in [1.54, 1.807) is 37.4 Å². The van der Waals surface area contributed by atoms with Crippen LogP contribution < -0.4 is 16.2 Å². The topological polar surface area (TPSA) is 93.1 Å². The summed E-state index contributed by atoms with van der Waals surface area (Å²) in [5.41, 5.74) is 2.56. The zero-order chi connectivity index (χ0) is 19.4. The molecule has 3 rings (SSSR count). The molecule has 138 valence electrons. The number of amides is 2. The van der Waals surface area contributed by atoms with Crippen LogP contribution in [0.5, 0.6) is 0 Å². The van der Waals surface area contributed by atoms with Crippen LogP contribution >= 0.6 is 0 Å². The van der Waals surface area contributed by atoms with E-state index in [0.717, 1.165) is 5.56 Å². The van der Waals surface area contributed by atoms with Gasteiger partial charge in [-0.05, 0) is 42.8 Å². The Labute approximate surface area is 156 Å². The Bertz CT molecular complexity index is 1060. The molecule has 0 bridgehead atoms. The van der Waals surface area contributed by atoms with Crippen molar-refractivity contribution in [3.8, 4) is 0 Å². The van der Waals surface area contributed by atoms with E-state index in [1.807, 2.05) is 19.1 Å². The van der Waals surface area contributed by atoms with E-state index in [-0.39, 0.29) is 30.3 Å². The van der Waals surface area contributed by atoms with Crippen LogP contribution in [-0.4, -0.2) is 28.4 Å². The number of anilines is 1. The molecular weight excluding hydrogens is 344 g/mol. The maximum absolute atomic E-state index is 12.5. The van der Waals surface area contributed by atoms with Crippen molar-refractivity contribution in [1.29, 1.82) is 0 Å². The molecule has 27 heavy (non-hydrogen) atoms. The molecule has 1 heterocycles. The van der Waals surface area contributed by atoms with Crippen LogP contribution in [0.3, 0.4) is 0 Å². The molecule has 2 aromatic carbocycles. The summed E-state index contributed by atoms with van der Waals surface area (Å²) in [5, 5.41) is 5.84. The molecule has 2 N–H and O–H groups in total. The van der Waals surface area contributed by atoms with Gasteiger partial charge in [0, 0.05) is 31.3 Å². The Morgan fingerprint density at radius 2 is 1.85 bits per heavy atom. The molecule has 0 saturated heterocycles. The number of aromatic nitrogens is 2. The van der Waals surface area contributed by atoms with E-state index in [2.05, 4.69) is 15.6 Å². The third-order valence-electron chi connectivity index (χ3n) is 4.29. The minimum Gasteiger partial charge on any atom is -0.355 e. The highest BCUT2D eigenvalue weighted by Crippen LogP contribution is 2.12. The Kier molecular flexibility index (Phi) is 5.30. The Morgan fingerprint density at radius 3 is 2.56 bits per heavy atom. The highest BCUT2D eigenvalue weighted by molar-refractivity contribution is 5.95. The average molecular weight is 364 g/mol. The van der Waals surface area contributed by atoms with Gasteiger partial charge in [-0.15, -0.1) is 0 Å². The fourth-order valence-corrected chi connectivity index (χ4v) is 2.79. The van der Waals surface area contributed by atoms with E-state index in [4.69, 9.17) is 0 Å². The first-order valence-corrected chi connectivity index (χ1v) is 8.56. The molecule has 0 atom stereocenters. The smallest absolute Gasteiger partial charge is 0.261 e. The molecule has 0 unspecified atom stereocenters. The Hall–Kier alpha value is -3.48. The largest absolute Gasteiger partial charge is 0.355 e. The van der Waals surface area contributed by atoms with Crippen molar-refractivity contribution in [1.82, 2.24) is 14.9 Å². The van der Waals surface area contributed by atoms with Gasteiger partial charge in [0.2, 0.25) is 5.91 Å². The SMILES string of the molecule is CNC(=O)c1ccc(NC(=O)CCn2cnc3c(C)cccc3c2=O)cc1. The average Bonchev–Trinajstić information content (AvgIpc) is 2.68. The number of hydrogen-bond donors (Lipinski definition) is 2. The molecule has 1 aromatic heterocycles. The molecule has 7 nitrogen and oxygen atoms in total. The maximum Gasteiger partial charge on any atom is 0.261 e. The van der Waals surface area contributed by atoms with Crippen LogP contribution in [-0.2, 0) is 11.3 Å². The minimum absolute atomic E-state index is 0.135. The molecule has 7 heteroatoms. The molecule has 0 fully saturated rings. The van der Waals surface area contributed by atoms with Crippen molar-refractivity contribution in [3.63, 3.8) is 0 Å². The first-order valence-electron chi connectivity index (χ1n) is 8.56. The lowest BCUT2D eigenvalue weighted by molar-refractivity contribution is -0.116. The van der Waals surface area contributed by atoms with Crippen LogP contribution in [0.2, 0.25) is 0 Å². The van der Waals surface area contributed by atoms with Crippen LogP contribution in [0, 0.1) is 6.92 Å². The third kappa shape index (κ3) is 4.03. The van der Waals surface area contributed by atoms with Gasteiger partial charge < -0.3 is 10.6 Å². The number of nitrogens with zero attached hydrogens (tertiary/aromatic N) is 2. The normalized spacial score (nSPS) is 10.6. The van der Waals surface area contributed by atoms with Gasteiger partial charge in [0.05, 0.1) is 17.2 Å². The fourth-order valence-electron chi connectivity index (χ4n) is 2.79. The van der Waals surface area contributed by atoms with E-state index in [1.165, 1.54) is 10.9 Å². The van der Waals surface area contributed by atoms with Gasteiger partial charge >= 0.3 is 0 Å². The summed E-state index contributed by atoms with van der Waals surface area (Å²) < 4.78 is 1.44. The van der Waals surface area contributed by atoms with Crippen molar-refractivity contribution in [3.05, 3.63) is 70.3 Å². The molecule has 0 aliphatic heterocycles. The summed E-state index contributed by atoms with van der Waals surface area (Å²) in [6, 6.07) is 12.1. The van der Waals surface area contributed by atoms with Crippen molar-refractivity contribution in [2.45, 2.75) is 19.9 Å². The van der Waals surface area contributed by atoms with E-state index >= 15 is 0 Å². The van der Waals surface area contributed by atoms with Gasteiger partial charge in [-0.25, -0.2) is 4.98 Å². The van der Waals surface area contributed by atoms with Gasteiger partial charge in [-0.3, -0.25) is 19.0 Å². The lowest BCUT2D eigenvalue weighted by Crippen LogP contribution is -2.24. The standard InChI is InChI=1S/C20H20N4O3/c1-13-4-3-5-16-18(13)22-12-24(20(16)27)11-10-17(25)23-15-8-6-14(7-9-15)19(26)21-2/h3-9,12H,10-11H2,1-2H3,(H,21,26)(H,23,25). The quantitative estimate of drug-likeness (QED) is 0.725. The third-order valence-corrected chi connectivity index (χ3v) is 4.29. The van der Waals surface area contributed by atoms with Gasteiger partial charge in [0.1, 0.15) is 0 Å². The number of nitrogens with one attached hydrogen (secondary N) is 2. The zero-order valence-electron chi connectivity index (χ0n) is 15.2. The number of fused-ring (bicyclic) bond motifs is 1. The van der Waals surface area contributed by atoms with Crippen molar-refractivity contribution < 1.29 is 9.59 Å². The minimum atomic E-state index is -0.223. The maximum atomic E-state index is 12.5. The second kappa shape index (κ2) is 7.82. The van der Waals surface area contributed by atoms with Gasteiger partial charge in [0.25, 0.3) is 11.5 Å². The second-order valence-electron chi connectivity index (χ2n) is 6.17. The summed E-state index contributed by atoms with van der Waals surface area (Å²) in [6.07, 6.45) is 1.61. The molecule has 0 radical (unpaired) electrons. The van der Waals surface area contributed by atoms with Crippen LogP contribution in [0.1, 0.15) is 22.3 Å². The lowest BCUT2D eigenvalue weighted by atomic mass is 10.1. The highest BCUT2D eigenvalue weighted by atomic mass is 16.2. The van der Waals surface area contributed by atoms with Crippen molar-refractivity contribution >= 4 is 28.4 Å². The number of para-hydroxylation sites is 1. The van der Waals surface area contributed by atoms with Gasteiger partial charge in [-0.2, -0.15) is 0 Å². The number of carbonyl (C=O) groups excluding carboxylic acids is 2. The Morgan fingerprint density at radius 1 is 1.11 bits per heavy atom. The number of rotatable bonds is 5. The molecular formula is C20H20N4O3. The molecule has 2 amide bonds. The second-order valence-corrected chi connectivity index (χ2v) is 6.17. The monoisotopic (exact) mass is 364 g/mol. The highest BCUT2D eigenvalue weighted by Gasteiger charge is 2.09. The molecule has 3 aromatic rings. The summed E-state index contributed by atoms with van der Waals surface area (Å²) in [7, 11) is 1.56. The molecule has 0 spiro atoms. The first kappa shape index (κ1) is 18.3. The number of aryl methyl sites for hydroxylation is 2. The van der Waals surface area contributed by atoms with Gasteiger partial charge in [0.15, 0.2) is 0 Å². The number of benzene rings is 2. The van der Waals surface area contributed by atoms with Crippen LogP contribution in [0.15, 0.2) is 53.6 Å². The summed E-state index contributed by atoms with van der Waals surface area (Å²) >= 11 is 0. The van der Waals surface area contributed by atoms with E-state index < -0.39 is 0 Å². The van der Waals surface area contributed by atoms with Crippen molar-refractivity contribution in [2.24, 2.45) is 0 Å². The first-order chi connectivity index (χ1) is 13.0. The molecule has 0 aliphatic rings. The predicted molar refractivity (Wildman–Crippen MR) is 104 cm³/mol. The molecule has 0 aliphatic carbocycles. The van der Waals surface area contributed by atoms with Crippen LogP contribution in [0.25, 0.3) is 10.9 Å².